The number of halogens is 4. The van der Waals surface area contributed by atoms with Crippen LogP contribution in [0, 0.1) is 5.92 Å². The molecule has 0 spiro atoms. The highest BCUT2D eigenvalue weighted by atomic mass is 35.5. The maximum absolute atomic E-state index is 13.2. The Kier molecular flexibility index (Phi) is 21.7. The highest BCUT2D eigenvalue weighted by molar-refractivity contribution is 8.22. The number of hydrogen-bond donors (Lipinski definition) is 4. The molecule has 0 radical (unpaired) electrons. The maximum Gasteiger partial charge on any atom is 0.267 e. The lowest BCUT2D eigenvalue weighted by Crippen LogP contribution is -2.32. The number of ether oxygens (including phenoxy) is 2. The maximum atomic E-state index is 13.2. The molecule has 1 unspecified atom stereocenters. The van der Waals surface area contributed by atoms with Crippen molar-refractivity contribution in [1.29, 1.82) is 0 Å². The highest BCUT2D eigenvalue weighted by Crippen LogP contribution is 2.39. The zero-order valence-corrected chi connectivity index (χ0v) is 42.2. The van der Waals surface area contributed by atoms with Gasteiger partial charge in [-0.3, -0.25) is 9.44 Å². The quantitative estimate of drug-likeness (QED) is 0.120. The Bertz CT molecular complexity index is 2360. The van der Waals surface area contributed by atoms with E-state index < -0.39 is 29.8 Å². The molecule has 0 aliphatic carbocycles. The summed E-state index contributed by atoms with van der Waals surface area (Å²) in [6, 6.07) is 10.6. The summed E-state index contributed by atoms with van der Waals surface area (Å²) in [5.41, 5.74) is 1.80. The van der Waals surface area contributed by atoms with Gasteiger partial charge in [-0.15, -0.1) is 23.5 Å². The molecular formula is C38H50Cl4N4O8S6. The van der Waals surface area contributed by atoms with Crippen molar-refractivity contribution < 1.29 is 34.7 Å². The Balaban J connectivity index is 0.000000399. The number of nitrogens with one attached hydrogen (secondary N) is 4. The standard InChI is InChI=1S/C21H22Cl2N2O5S3.C15H22Cl2N2OS2.C2H6O.OS/c1-21(2)8-7-13-10-14(5-6-19(13)30-21)32(26,27)24-17-11-15(22)16(23)12-18(17)25-33(28,29)20-4-3-9-31-20;1-6-15(21-4)22(5,20)19-14-8-12(17)11(16)7-13(14)18-9-10(2)3;1-3-2;1-2/h4-6,10-12,24-25H,3,7-9H2,1-2H3;6-8,10,18H,5,9H2,1-4H3,(H,19,20);1-2H3;/b;15-6+;;. The number of anilines is 4. The van der Waals surface area contributed by atoms with Crippen LogP contribution in [0.1, 0.15) is 53.0 Å². The molecule has 1 atom stereocenters. The van der Waals surface area contributed by atoms with Crippen molar-refractivity contribution in [2.75, 3.05) is 52.3 Å². The van der Waals surface area contributed by atoms with E-state index in [-0.39, 0.29) is 36.2 Å². The predicted octanol–water partition coefficient (Wildman–Crippen LogP) is 10.9. The number of hydrogen-bond acceptors (Lipinski definition) is 12. The number of thioether (sulfide) groups is 2. The summed E-state index contributed by atoms with van der Waals surface area (Å²) in [4.78, 5) is 0.0264. The average Bonchev–Trinajstić information content (AvgIpc) is 3.72. The third kappa shape index (κ3) is 15.9. The van der Waals surface area contributed by atoms with Crippen LogP contribution in [0.25, 0.3) is 0 Å². The summed E-state index contributed by atoms with van der Waals surface area (Å²) in [6.07, 6.45) is 7.35. The Labute approximate surface area is 389 Å². The van der Waals surface area contributed by atoms with Crippen LogP contribution in [0.3, 0.4) is 0 Å². The number of methoxy groups -OCH3 is 1. The van der Waals surface area contributed by atoms with Gasteiger partial charge in [0.25, 0.3) is 20.0 Å². The van der Waals surface area contributed by atoms with Gasteiger partial charge in [0.1, 0.15) is 15.6 Å². The fourth-order valence-corrected chi connectivity index (χ4v) is 12.0. The molecule has 0 fully saturated rings. The minimum absolute atomic E-state index is 0.0237. The van der Waals surface area contributed by atoms with Gasteiger partial charge in [0.2, 0.25) is 0 Å². The molecule has 334 valence electrons. The monoisotopic (exact) mass is 1020 g/mol. The molecule has 0 saturated heterocycles. The van der Waals surface area contributed by atoms with Gasteiger partial charge in [0.15, 0.2) is 12.5 Å². The van der Waals surface area contributed by atoms with E-state index in [9.17, 15) is 21.0 Å². The van der Waals surface area contributed by atoms with E-state index in [1.54, 1.807) is 50.6 Å². The van der Waals surface area contributed by atoms with Crippen LogP contribution in [-0.2, 0) is 53.4 Å². The molecule has 5 rings (SSSR count). The fourth-order valence-electron chi connectivity index (χ4n) is 5.26. The minimum atomic E-state index is -4.06. The van der Waals surface area contributed by atoms with Crippen LogP contribution in [0.5, 0.6) is 5.75 Å². The Morgan fingerprint density at radius 2 is 1.40 bits per heavy atom. The van der Waals surface area contributed by atoms with Crippen molar-refractivity contribution in [2.45, 2.75) is 64.4 Å². The molecular weight excluding hydrogens is 975 g/mol. The molecule has 3 aromatic rings. The first kappa shape index (κ1) is 54.0. The average molecular weight is 1030 g/mol. The topological polar surface area (TPSA) is 169 Å². The summed E-state index contributed by atoms with van der Waals surface area (Å²) in [7, 11) is -7.34. The smallest absolute Gasteiger partial charge is 0.267 e. The van der Waals surface area contributed by atoms with Gasteiger partial charge in [-0.1, -0.05) is 72.4 Å². The van der Waals surface area contributed by atoms with Crippen LogP contribution in [-0.4, -0.2) is 69.5 Å². The van der Waals surface area contributed by atoms with E-state index in [4.69, 9.17) is 55.3 Å². The molecule has 60 heavy (non-hydrogen) atoms. The van der Waals surface area contributed by atoms with E-state index in [1.807, 2.05) is 27.0 Å². The van der Waals surface area contributed by atoms with Crippen LogP contribution in [0.2, 0.25) is 20.1 Å². The first-order chi connectivity index (χ1) is 28.0. The third-order valence-corrected chi connectivity index (χ3v) is 17.3. The molecule has 3 aromatic carbocycles. The zero-order valence-electron chi connectivity index (χ0n) is 34.2. The molecule has 0 bridgehead atoms. The predicted molar refractivity (Wildman–Crippen MR) is 261 cm³/mol. The van der Waals surface area contributed by atoms with E-state index in [1.165, 1.54) is 41.7 Å². The van der Waals surface area contributed by atoms with Crippen LogP contribution in [0.4, 0.5) is 22.7 Å². The first-order valence-corrected chi connectivity index (χ1v) is 26.6. The molecule has 4 N–H and O–H groups in total. The Morgan fingerprint density at radius 3 is 1.87 bits per heavy atom. The summed E-state index contributed by atoms with van der Waals surface area (Å²) in [5, 5.41) is 4.30. The van der Waals surface area contributed by atoms with Gasteiger partial charge in [-0.05, 0) is 106 Å². The highest BCUT2D eigenvalue weighted by Gasteiger charge is 2.29. The second kappa shape index (κ2) is 24.1. The SMILES string of the molecule is C=S(=O)(Nc1cc(Cl)c(Cl)cc1NCC(C)C)/C(=C/C)SC.CC1(C)CCc2cc(S(=O)(=O)Nc3cc(Cl)c(Cl)cc3NS(=O)(=O)C3=CCCS3)ccc2O1.COC.O=S. The van der Waals surface area contributed by atoms with Crippen molar-refractivity contribution in [3.8, 4) is 5.75 Å². The van der Waals surface area contributed by atoms with Crippen LogP contribution >= 0.6 is 69.9 Å². The fraction of sp³-hybridized carbons (Fsp3) is 0.395. The van der Waals surface area contributed by atoms with E-state index >= 15 is 0 Å². The molecule has 0 saturated carbocycles. The normalized spacial score (nSPS) is 15.5. The number of rotatable bonds is 13. The molecule has 2 heterocycles. The lowest BCUT2D eigenvalue weighted by molar-refractivity contribution is 0.0845. The van der Waals surface area contributed by atoms with Gasteiger partial charge in [-0.25, -0.2) is 21.0 Å². The van der Waals surface area contributed by atoms with Crippen LogP contribution in [0.15, 0.2) is 68.0 Å². The number of fused-ring (bicyclic) bond motifs is 1. The van der Waals surface area contributed by atoms with Gasteiger partial charge in [0, 0.05) is 26.5 Å². The van der Waals surface area contributed by atoms with Gasteiger partial charge in [-0.2, -0.15) is 4.21 Å². The second-order valence-electron chi connectivity index (χ2n) is 13.9. The molecule has 2 aliphatic rings. The van der Waals surface area contributed by atoms with E-state index in [0.29, 0.717) is 50.2 Å². The summed E-state index contributed by atoms with van der Waals surface area (Å²) in [5.74, 6) is 5.59. The van der Waals surface area contributed by atoms with Gasteiger partial charge < -0.3 is 19.5 Å². The number of aryl methyl sites for hydroxylation is 1. The summed E-state index contributed by atoms with van der Waals surface area (Å²) >= 11 is 29.8. The lowest BCUT2D eigenvalue weighted by Gasteiger charge is -2.32. The molecule has 0 amide bonds. The van der Waals surface area contributed by atoms with Crippen LogP contribution < -0.4 is 24.2 Å². The first-order valence-electron chi connectivity index (χ1n) is 17.8. The molecule has 12 nitrogen and oxygen atoms in total. The molecule has 2 aliphatic heterocycles. The zero-order chi connectivity index (χ0) is 45.6. The summed E-state index contributed by atoms with van der Waals surface area (Å²) in [6.45, 7) is 10.8. The van der Waals surface area contributed by atoms with Crippen molar-refractivity contribution in [3.05, 3.63) is 88.7 Å². The second-order valence-corrected chi connectivity index (χ2v) is 23.4. The number of allylic oxidation sites excluding steroid dienone is 2. The van der Waals surface area contributed by atoms with E-state index in [2.05, 4.69) is 56.5 Å². The minimum Gasteiger partial charge on any atom is -0.488 e. The van der Waals surface area contributed by atoms with E-state index in [0.717, 1.165) is 24.2 Å². The molecule has 22 heteroatoms. The van der Waals surface area contributed by atoms with Gasteiger partial charge >= 0.3 is 0 Å². The number of sulfonamides is 2. The Morgan fingerprint density at radius 1 is 0.900 bits per heavy atom. The number of benzene rings is 3. The molecule has 0 aromatic heterocycles. The summed E-state index contributed by atoms with van der Waals surface area (Å²) < 4.78 is 91.3. The Hall–Kier alpha value is -2.10. The van der Waals surface area contributed by atoms with Crippen molar-refractivity contribution in [2.24, 2.45) is 5.92 Å². The van der Waals surface area contributed by atoms with Crippen molar-refractivity contribution >= 4 is 141 Å². The third-order valence-electron chi connectivity index (χ3n) is 8.01. The van der Waals surface area contributed by atoms with Crippen molar-refractivity contribution in [1.82, 2.24) is 0 Å². The van der Waals surface area contributed by atoms with Gasteiger partial charge in [0.05, 0.1) is 61.7 Å². The lowest BCUT2D eigenvalue weighted by atomic mass is 9.94. The van der Waals surface area contributed by atoms with Crippen molar-refractivity contribution in [3.63, 3.8) is 0 Å². The largest absolute Gasteiger partial charge is 0.488 e.